The molecule has 2 aromatic rings. The van der Waals surface area contributed by atoms with Crippen molar-refractivity contribution in [1.82, 2.24) is 9.97 Å². The van der Waals surface area contributed by atoms with E-state index in [1.165, 1.54) is 5.56 Å². The fourth-order valence-electron chi connectivity index (χ4n) is 1.67. The molecule has 4 N–H and O–H groups in total. The molecular formula is C12H17N5OS. The Bertz CT molecular complexity index is 517. The molecule has 0 aliphatic rings. The number of nitrogen functional groups attached to an aromatic ring is 1. The summed E-state index contributed by atoms with van der Waals surface area (Å²) in [5.74, 6) is 7.26. The fraction of sp³-hybridized carbons (Fsp3) is 0.333. The fourth-order valence-corrected chi connectivity index (χ4v) is 2.42. The third-order valence-electron chi connectivity index (χ3n) is 2.60. The van der Waals surface area contributed by atoms with Crippen molar-refractivity contribution < 1.29 is 4.74 Å². The number of hydrogen-bond donors (Lipinski definition) is 3. The first-order chi connectivity index (χ1) is 9.22. The number of ether oxygens (including phenoxy) is 1. The highest BCUT2D eigenvalue weighted by atomic mass is 32.1. The number of thiophene rings is 1. The molecule has 0 saturated heterocycles. The zero-order valence-corrected chi connectivity index (χ0v) is 11.7. The van der Waals surface area contributed by atoms with Gasteiger partial charge in [0.1, 0.15) is 18.2 Å². The SMILES string of the molecule is COCc1nc(NN)cc(NC(C)c2ccsc2)n1. The van der Waals surface area contributed by atoms with Crippen LogP contribution in [0, 0.1) is 0 Å². The van der Waals surface area contributed by atoms with Gasteiger partial charge in [0.25, 0.3) is 0 Å². The molecule has 0 radical (unpaired) electrons. The van der Waals surface area contributed by atoms with Crippen LogP contribution in [0.2, 0.25) is 0 Å². The number of anilines is 2. The molecule has 102 valence electrons. The minimum absolute atomic E-state index is 0.169. The van der Waals surface area contributed by atoms with E-state index in [4.69, 9.17) is 10.6 Å². The molecule has 0 aliphatic heterocycles. The lowest BCUT2D eigenvalue weighted by Crippen LogP contribution is -2.14. The molecule has 0 aliphatic carbocycles. The minimum atomic E-state index is 0.169. The summed E-state index contributed by atoms with van der Waals surface area (Å²) in [4.78, 5) is 8.58. The van der Waals surface area contributed by atoms with Crippen LogP contribution in [-0.2, 0) is 11.3 Å². The van der Waals surface area contributed by atoms with Crippen molar-refractivity contribution in [2.75, 3.05) is 17.9 Å². The second-order valence-electron chi connectivity index (χ2n) is 4.05. The van der Waals surface area contributed by atoms with E-state index in [0.717, 1.165) is 0 Å². The Morgan fingerprint density at radius 3 is 2.84 bits per heavy atom. The smallest absolute Gasteiger partial charge is 0.158 e. The van der Waals surface area contributed by atoms with E-state index in [2.05, 4.69) is 44.5 Å². The minimum Gasteiger partial charge on any atom is -0.377 e. The van der Waals surface area contributed by atoms with Crippen molar-refractivity contribution in [1.29, 1.82) is 0 Å². The lowest BCUT2D eigenvalue weighted by atomic mass is 10.2. The Kier molecular flexibility index (Phi) is 4.67. The van der Waals surface area contributed by atoms with E-state index in [9.17, 15) is 0 Å². The monoisotopic (exact) mass is 279 g/mol. The first kappa shape index (κ1) is 13.7. The highest BCUT2D eigenvalue weighted by molar-refractivity contribution is 7.07. The lowest BCUT2D eigenvalue weighted by Gasteiger charge is -2.14. The van der Waals surface area contributed by atoms with Gasteiger partial charge in [-0.05, 0) is 29.3 Å². The second kappa shape index (κ2) is 6.46. The summed E-state index contributed by atoms with van der Waals surface area (Å²) in [7, 11) is 1.60. The first-order valence-corrected chi connectivity index (χ1v) is 6.79. The van der Waals surface area contributed by atoms with Crippen molar-refractivity contribution >= 4 is 23.0 Å². The molecular weight excluding hydrogens is 262 g/mol. The number of methoxy groups -OCH3 is 1. The summed E-state index contributed by atoms with van der Waals surface area (Å²) in [6, 6.07) is 4.02. The molecule has 0 saturated carbocycles. The lowest BCUT2D eigenvalue weighted by molar-refractivity contribution is 0.178. The Balaban J connectivity index is 2.16. The van der Waals surface area contributed by atoms with Crippen LogP contribution in [-0.4, -0.2) is 17.1 Å². The van der Waals surface area contributed by atoms with Crippen molar-refractivity contribution in [3.63, 3.8) is 0 Å². The van der Waals surface area contributed by atoms with E-state index in [0.29, 0.717) is 24.1 Å². The summed E-state index contributed by atoms with van der Waals surface area (Å²) in [6.45, 7) is 2.42. The number of nitrogens with one attached hydrogen (secondary N) is 2. The molecule has 0 fully saturated rings. The highest BCUT2D eigenvalue weighted by Gasteiger charge is 2.09. The first-order valence-electron chi connectivity index (χ1n) is 5.85. The van der Waals surface area contributed by atoms with E-state index in [1.807, 2.05) is 0 Å². The quantitative estimate of drug-likeness (QED) is 0.555. The van der Waals surface area contributed by atoms with Gasteiger partial charge in [-0.15, -0.1) is 0 Å². The summed E-state index contributed by atoms with van der Waals surface area (Å²) >= 11 is 1.67. The van der Waals surface area contributed by atoms with Crippen LogP contribution in [0.25, 0.3) is 0 Å². The summed E-state index contributed by atoms with van der Waals surface area (Å²) in [6.07, 6.45) is 0. The van der Waals surface area contributed by atoms with E-state index < -0.39 is 0 Å². The Hall–Kier alpha value is -1.70. The summed E-state index contributed by atoms with van der Waals surface area (Å²) in [5, 5.41) is 7.48. The molecule has 1 atom stereocenters. The molecule has 0 bridgehead atoms. The van der Waals surface area contributed by atoms with Crippen molar-refractivity contribution in [2.24, 2.45) is 5.84 Å². The Morgan fingerprint density at radius 2 is 2.21 bits per heavy atom. The van der Waals surface area contributed by atoms with Crippen molar-refractivity contribution in [3.8, 4) is 0 Å². The zero-order valence-electron chi connectivity index (χ0n) is 10.9. The normalized spacial score (nSPS) is 12.2. The maximum absolute atomic E-state index is 5.40. The third kappa shape index (κ3) is 3.63. The van der Waals surface area contributed by atoms with Crippen LogP contribution in [0.3, 0.4) is 0 Å². The predicted molar refractivity (Wildman–Crippen MR) is 76.9 cm³/mol. The number of hydrogen-bond acceptors (Lipinski definition) is 7. The molecule has 2 heterocycles. The average molecular weight is 279 g/mol. The topological polar surface area (TPSA) is 85.1 Å². The number of aromatic nitrogens is 2. The van der Waals surface area contributed by atoms with E-state index in [-0.39, 0.29) is 6.04 Å². The second-order valence-corrected chi connectivity index (χ2v) is 4.83. The third-order valence-corrected chi connectivity index (χ3v) is 3.30. The zero-order chi connectivity index (χ0) is 13.7. The van der Waals surface area contributed by atoms with Crippen LogP contribution in [0.4, 0.5) is 11.6 Å². The van der Waals surface area contributed by atoms with Crippen molar-refractivity contribution in [2.45, 2.75) is 19.6 Å². The van der Waals surface area contributed by atoms with E-state index in [1.54, 1.807) is 24.5 Å². The van der Waals surface area contributed by atoms with Gasteiger partial charge in [0.2, 0.25) is 0 Å². The highest BCUT2D eigenvalue weighted by Crippen LogP contribution is 2.21. The maximum Gasteiger partial charge on any atom is 0.158 e. The number of rotatable bonds is 6. The maximum atomic E-state index is 5.40. The Labute approximate surface area is 116 Å². The van der Waals surface area contributed by atoms with Gasteiger partial charge in [0, 0.05) is 13.2 Å². The molecule has 0 spiro atoms. The standard InChI is InChI=1S/C12H17N5OS/c1-8(9-3-4-19-7-9)14-10-5-11(17-13)16-12(15-10)6-18-2/h3-5,7-8H,6,13H2,1-2H3,(H2,14,15,16,17). The molecule has 0 aromatic carbocycles. The predicted octanol–water partition coefficient (Wildman–Crippen LogP) is 2.14. The van der Waals surface area contributed by atoms with Crippen LogP contribution >= 0.6 is 11.3 Å². The largest absolute Gasteiger partial charge is 0.377 e. The molecule has 2 rings (SSSR count). The van der Waals surface area contributed by atoms with Gasteiger partial charge in [-0.3, -0.25) is 0 Å². The van der Waals surface area contributed by atoms with Crippen LogP contribution in [0.15, 0.2) is 22.9 Å². The van der Waals surface area contributed by atoms with Gasteiger partial charge < -0.3 is 15.5 Å². The number of hydrazine groups is 1. The average Bonchev–Trinajstić information content (AvgIpc) is 2.92. The molecule has 2 aromatic heterocycles. The van der Waals surface area contributed by atoms with Crippen LogP contribution in [0.1, 0.15) is 24.4 Å². The molecule has 1 unspecified atom stereocenters. The van der Waals surface area contributed by atoms with Gasteiger partial charge >= 0.3 is 0 Å². The summed E-state index contributed by atoms with van der Waals surface area (Å²) in [5.41, 5.74) is 3.75. The van der Waals surface area contributed by atoms with Gasteiger partial charge in [0.15, 0.2) is 5.82 Å². The number of nitrogens with two attached hydrogens (primary N) is 1. The summed E-state index contributed by atoms with van der Waals surface area (Å²) < 4.78 is 5.04. The molecule has 19 heavy (non-hydrogen) atoms. The van der Waals surface area contributed by atoms with Gasteiger partial charge in [-0.1, -0.05) is 0 Å². The molecule has 7 heteroatoms. The molecule has 6 nitrogen and oxygen atoms in total. The van der Waals surface area contributed by atoms with Crippen molar-refractivity contribution in [3.05, 3.63) is 34.3 Å². The van der Waals surface area contributed by atoms with Gasteiger partial charge in [-0.25, -0.2) is 15.8 Å². The van der Waals surface area contributed by atoms with Crippen LogP contribution < -0.4 is 16.6 Å². The van der Waals surface area contributed by atoms with Gasteiger partial charge in [-0.2, -0.15) is 11.3 Å². The van der Waals surface area contributed by atoms with E-state index >= 15 is 0 Å². The molecule has 0 amide bonds. The van der Waals surface area contributed by atoms with Crippen LogP contribution in [0.5, 0.6) is 0 Å². The number of nitrogens with zero attached hydrogens (tertiary/aromatic N) is 2. The Morgan fingerprint density at radius 1 is 1.42 bits per heavy atom. The van der Waals surface area contributed by atoms with Gasteiger partial charge in [0.05, 0.1) is 6.04 Å².